The summed E-state index contributed by atoms with van der Waals surface area (Å²) in [4.78, 5) is 0. The molecule has 23 heavy (non-hydrogen) atoms. The fourth-order valence-corrected chi connectivity index (χ4v) is 5.12. The summed E-state index contributed by atoms with van der Waals surface area (Å²) < 4.78 is 14.3. The van der Waals surface area contributed by atoms with Gasteiger partial charge in [-0.3, -0.25) is 0 Å². The van der Waals surface area contributed by atoms with Crippen molar-refractivity contribution < 1.29 is 8.85 Å². The van der Waals surface area contributed by atoms with E-state index in [0.717, 1.165) is 6.42 Å². The number of unbranched alkanes of at least 4 members (excludes halogenated alkanes) is 1. The lowest BCUT2D eigenvalue weighted by Crippen LogP contribution is -2.48. The zero-order valence-corrected chi connectivity index (χ0v) is 21.0. The summed E-state index contributed by atoms with van der Waals surface area (Å²) in [6.07, 6.45) is 8.30. The van der Waals surface area contributed by atoms with Crippen molar-refractivity contribution in [2.24, 2.45) is 0 Å². The average Bonchev–Trinajstić information content (AvgIpc) is 2.33. The van der Waals surface area contributed by atoms with Crippen molar-refractivity contribution in [2.45, 2.75) is 96.9 Å². The van der Waals surface area contributed by atoms with E-state index in [1.165, 1.54) is 17.3 Å². The highest BCUT2D eigenvalue weighted by Crippen LogP contribution is 2.38. The second kappa shape index (κ2) is 10.1. The predicted octanol–water partition coefficient (Wildman–Crippen LogP) is 6.78. The summed E-state index contributed by atoms with van der Waals surface area (Å²) in [7, 11) is -3.34. The van der Waals surface area contributed by atoms with Gasteiger partial charge in [0, 0.05) is 0 Å². The third-order valence-corrected chi connectivity index (χ3v) is 10.7. The van der Waals surface area contributed by atoms with Crippen LogP contribution in [0.15, 0.2) is 12.2 Å². The molecule has 0 aromatic heterocycles. The third kappa shape index (κ3) is 10.4. The van der Waals surface area contributed by atoms with Crippen molar-refractivity contribution >= 4 is 39.2 Å². The maximum Gasteiger partial charge on any atom is 0.192 e. The van der Waals surface area contributed by atoms with Gasteiger partial charge < -0.3 is 8.85 Å². The van der Waals surface area contributed by atoms with Crippen LogP contribution >= 0.6 is 22.6 Å². The topological polar surface area (TPSA) is 18.5 Å². The van der Waals surface area contributed by atoms with Crippen LogP contribution in [0.1, 0.15) is 47.0 Å². The van der Waals surface area contributed by atoms with E-state index >= 15 is 0 Å². The van der Waals surface area contributed by atoms with Crippen molar-refractivity contribution in [3.63, 3.8) is 0 Å². The summed E-state index contributed by atoms with van der Waals surface area (Å²) in [5.41, 5.74) is 0. The molecule has 0 amide bonds. The zero-order valence-electron chi connectivity index (χ0n) is 16.8. The van der Waals surface area contributed by atoms with Crippen LogP contribution in [0, 0.1) is 0 Å². The molecule has 2 atom stereocenters. The lowest BCUT2D eigenvalue weighted by molar-refractivity contribution is 0.0530. The smallest absolute Gasteiger partial charge is 0.192 e. The maximum atomic E-state index is 6.59. The van der Waals surface area contributed by atoms with Gasteiger partial charge in [-0.15, -0.1) is 0 Å². The van der Waals surface area contributed by atoms with Crippen LogP contribution < -0.4 is 0 Å². The molecule has 0 aliphatic rings. The molecular formula is C18H39IO2Si2. The highest BCUT2D eigenvalue weighted by atomic mass is 127. The minimum Gasteiger partial charge on any atom is -0.412 e. The van der Waals surface area contributed by atoms with Gasteiger partial charge in [-0.05, 0) is 68.4 Å². The Kier molecular flexibility index (Phi) is 10.5. The Balaban J connectivity index is 4.87. The summed E-state index contributed by atoms with van der Waals surface area (Å²) in [6.45, 7) is 20.5. The molecule has 5 heteroatoms. The number of rotatable bonds is 10. The van der Waals surface area contributed by atoms with E-state index in [4.69, 9.17) is 8.85 Å². The van der Waals surface area contributed by atoms with Crippen LogP contribution in [0.4, 0.5) is 0 Å². The highest BCUT2D eigenvalue weighted by molar-refractivity contribution is 14.1. The quantitative estimate of drug-likeness (QED) is 0.115. The Hall–Kier alpha value is 0.824. The summed E-state index contributed by atoms with van der Waals surface area (Å²) in [6, 6.07) is 0. The third-order valence-electron chi connectivity index (χ3n) is 4.35. The molecule has 0 unspecified atom stereocenters. The molecular weight excluding hydrogens is 431 g/mol. The number of halogens is 1. The maximum absolute atomic E-state index is 6.59. The average molecular weight is 471 g/mol. The van der Waals surface area contributed by atoms with E-state index in [-0.39, 0.29) is 17.2 Å². The second-order valence-electron chi connectivity index (χ2n) is 8.89. The van der Waals surface area contributed by atoms with Crippen LogP contribution in [0.3, 0.4) is 0 Å². The van der Waals surface area contributed by atoms with E-state index in [9.17, 15) is 0 Å². The van der Waals surface area contributed by atoms with Gasteiger partial charge in [0.25, 0.3) is 0 Å². The van der Waals surface area contributed by atoms with Gasteiger partial charge in [0.15, 0.2) is 16.6 Å². The van der Waals surface area contributed by atoms with Crippen LogP contribution in [0.2, 0.25) is 37.8 Å². The molecule has 0 rings (SSSR count). The van der Waals surface area contributed by atoms with Gasteiger partial charge in [0.2, 0.25) is 0 Å². The number of alkyl halides is 1. The normalized spacial score (nSPS) is 16.8. The largest absolute Gasteiger partial charge is 0.412 e. The first-order valence-corrected chi connectivity index (χ1v) is 16.7. The molecule has 0 aromatic rings. The number of allylic oxidation sites excluding steroid dienone is 1. The minimum atomic E-state index is -1.76. The molecule has 0 aliphatic heterocycles. The first kappa shape index (κ1) is 23.8. The molecule has 138 valence electrons. The Morgan fingerprint density at radius 2 is 1.57 bits per heavy atom. The van der Waals surface area contributed by atoms with Crippen molar-refractivity contribution in [3.8, 4) is 0 Å². The van der Waals surface area contributed by atoms with Crippen LogP contribution in [-0.4, -0.2) is 33.3 Å². The fraction of sp³-hybridized carbons (Fsp3) is 0.889. The van der Waals surface area contributed by atoms with E-state index in [2.05, 4.69) is 95.2 Å². The van der Waals surface area contributed by atoms with Gasteiger partial charge in [-0.2, -0.15) is 0 Å². The van der Waals surface area contributed by atoms with E-state index in [0.29, 0.717) is 0 Å². The van der Waals surface area contributed by atoms with Gasteiger partial charge >= 0.3 is 0 Å². The van der Waals surface area contributed by atoms with Gasteiger partial charge in [-0.1, -0.05) is 55.5 Å². The monoisotopic (exact) mass is 470 g/mol. The molecule has 0 radical (unpaired) electrons. The predicted molar refractivity (Wildman–Crippen MR) is 118 cm³/mol. The van der Waals surface area contributed by atoms with E-state index in [1.54, 1.807) is 0 Å². The molecule has 0 aromatic carbocycles. The van der Waals surface area contributed by atoms with E-state index < -0.39 is 16.6 Å². The molecule has 0 fully saturated rings. The zero-order chi connectivity index (χ0) is 18.3. The second-order valence-corrected chi connectivity index (χ2v) is 19.2. The molecule has 0 bridgehead atoms. The molecule has 2 nitrogen and oxygen atoms in total. The van der Waals surface area contributed by atoms with Crippen molar-refractivity contribution in [1.82, 2.24) is 0 Å². The Morgan fingerprint density at radius 3 is 2.00 bits per heavy atom. The molecule has 0 saturated heterocycles. The van der Waals surface area contributed by atoms with Crippen molar-refractivity contribution in [3.05, 3.63) is 12.2 Å². The van der Waals surface area contributed by atoms with Crippen molar-refractivity contribution in [2.75, 3.05) is 4.43 Å². The fourth-order valence-electron chi connectivity index (χ4n) is 2.05. The summed E-state index contributed by atoms with van der Waals surface area (Å²) in [5, 5.41) is 0.237. The van der Waals surface area contributed by atoms with Crippen LogP contribution in [0.25, 0.3) is 0 Å². The number of hydrogen-bond acceptors (Lipinski definition) is 2. The van der Waals surface area contributed by atoms with Crippen molar-refractivity contribution in [1.29, 1.82) is 0 Å². The standard InChI is InChI=1S/C18H39IO2Si2/c1-16(20-23(8,9)18(2,3)4)17(21-22(5,6)7)14-12-10-11-13-15-19/h10,12,16-17H,11,13-15H2,1-9H3/b12-10-/t16-,17-/m0/s1. The first-order valence-electron chi connectivity index (χ1n) is 8.87. The van der Waals surface area contributed by atoms with Crippen LogP contribution in [0.5, 0.6) is 0 Å². The van der Waals surface area contributed by atoms with Gasteiger partial charge in [0.05, 0.1) is 12.2 Å². The lowest BCUT2D eigenvalue weighted by Gasteiger charge is -2.41. The molecule has 0 heterocycles. The molecule has 0 saturated carbocycles. The molecule has 0 N–H and O–H groups in total. The number of hydrogen-bond donors (Lipinski definition) is 0. The van der Waals surface area contributed by atoms with E-state index in [1.807, 2.05) is 0 Å². The molecule has 0 spiro atoms. The molecule has 0 aliphatic carbocycles. The Labute approximate surface area is 161 Å². The first-order chi connectivity index (χ1) is 10.3. The minimum absolute atomic E-state index is 0.150. The SMILES string of the molecule is C[C@H](O[Si](C)(C)C(C)(C)C)[C@H](C/C=C\CCCI)O[Si](C)(C)C. The Morgan fingerprint density at radius 1 is 1.00 bits per heavy atom. The van der Waals surface area contributed by atoms with Crippen LogP contribution in [-0.2, 0) is 8.85 Å². The van der Waals surface area contributed by atoms with Gasteiger partial charge in [0.1, 0.15) is 0 Å². The summed E-state index contributed by atoms with van der Waals surface area (Å²) in [5.74, 6) is 0. The highest BCUT2D eigenvalue weighted by Gasteiger charge is 2.40. The lowest BCUT2D eigenvalue weighted by atomic mass is 10.1. The Bertz CT molecular complexity index is 357. The van der Waals surface area contributed by atoms with Gasteiger partial charge in [-0.25, -0.2) is 0 Å². The summed E-state index contributed by atoms with van der Waals surface area (Å²) >= 11 is 2.43.